The van der Waals surface area contributed by atoms with Crippen LogP contribution in [0.15, 0.2) is 24.8 Å². The van der Waals surface area contributed by atoms with Gasteiger partial charge in [0, 0.05) is 6.42 Å². The maximum Gasteiger partial charge on any atom is 0.167 e. The normalized spacial score (nSPS) is 34.5. The van der Waals surface area contributed by atoms with Crippen LogP contribution in [0.2, 0.25) is 0 Å². The third kappa shape index (κ3) is 3.30. The molecule has 1 saturated heterocycles. The Morgan fingerprint density at radius 1 is 1.30 bits per heavy atom. The minimum Gasteiger partial charge on any atom is -0.387 e. The lowest BCUT2D eigenvalue weighted by molar-refractivity contribution is -0.0290. The zero-order valence-corrected chi connectivity index (χ0v) is 15.6. The van der Waals surface area contributed by atoms with E-state index in [-0.39, 0.29) is 22.8 Å². The quantitative estimate of drug-likeness (QED) is 0.279. The zero-order valence-electron chi connectivity index (χ0n) is 14.8. The van der Waals surface area contributed by atoms with Crippen molar-refractivity contribution in [1.29, 1.82) is 0 Å². The number of fused-ring (bicyclic) bond motifs is 1. The Hall–Kier alpha value is -1.76. The Bertz CT molecular complexity index is 847. The number of imidazole rings is 1. The second-order valence-electron chi connectivity index (χ2n) is 6.82. The van der Waals surface area contributed by atoms with E-state index in [1.165, 1.54) is 12.7 Å². The largest absolute Gasteiger partial charge is 0.387 e. The minimum atomic E-state index is -1.10. The van der Waals surface area contributed by atoms with Gasteiger partial charge in [0.25, 0.3) is 0 Å². The number of aliphatic hydroxyl groups is 2. The first-order chi connectivity index (χ1) is 13.0. The van der Waals surface area contributed by atoms with Crippen molar-refractivity contribution in [2.45, 2.75) is 42.3 Å². The number of nitrogen functional groups attached to an aromatic ring is 1. The van der Waals surface area contributed by atoms with Crippen molar-refractivity contribution in [2.75, 3.05) is 17.7 Å². The Balaban J connectivity index is 1.49. The first-order valence-electron chi connectivity index (χ1n) is 8.59. The minimum absolute atomic E-state index is 0.0693. The van der Waals surface area contributed by atoms with Crippen molar-refractivity contribution >= 4 is 27.9 Å². The summed E-state index contributed by atoms with van der Waals surface area (Å²) in [5, 5.41) is 21.4. The SMILES string of the molecule is C[S+](C[C@H]1O[C@@H](n2cnc3c(N)ncnc32)[C@H](O)[C@@H]1O)C1C=CC(ON)C1. The van der Waals surface area contributed by atoms with Gasteiger partial charge in [-0.15, -0.1) is 0 Å². The molecule has 4 rings (SSSR count). The average Bonchev–Trinajstić information content (AvgIpc) is 3.36. The predicted octanol–water partition coefficient (Wildman–Crippen LogP) is -1.14. The number of hydrogen-bond donors (Lipinski definition) is 4. The van der Waals surface area contributed by atoms with Crippen LogP contribution in [0.4, 0.5) is 5.82 Å². The van der Waals surface area contributed by atoms with E-state index in [9.17, 15) is 10.2 Å². The zero-order chi connectivity index (χ0) is 19.1. The van der Waals surface area contributed by atoms with E-state index in [2.05, 4.69) is 27.3 Å². The molecule has 0 spiro atoms. The van der Waals surface area contributed by atoms with E-state index >= 15 is 0 Å². The first kappa shape index (κ1) is 18.6. The molecule has 0 amide bonds. The molecule has 3 unspecified atom stereocenters. The number of aliphatic hydroxyl groups excluding tert-OH is 2. The molecule has 146 valence electrons. The second-order valence-corrected chi connectivity index (χ2v) is 9.14. The number of anilines is 1. The predicted molar refractivity (Wildman–Crippen MR) is 100 cm³/mol. The molecule has 27 heavy (non-hydrogen) atoms. The summed E-state index contributed by atoms with van der Waals surface area (Å²) in [6, 6.07) is 0. The van der Waals surface area contributed by atoms with E-state index in [0.717, 1.165) is 6.42 Å². The maximum atomic E-state index is 10.5. The summed E-state index contributed by atoms with van der Waals surface area (Å²) in [7, 11) is -0.0746. The van der Waals surface area contributed by atoms with E-state index in [1.54, 1.807) is 4.57 Å². The Kier molecular flexibility index (Phi) is 5.05. The van der Waals surface area contributed by atoms with Gasteiger partial charge in [-0.25, -0.2) is 20.8 Å². The second kappa shape index (κ2) is 7.34. The lowest BCUT2D eigenvalue weighted by Gasteiger charge is -2.17. The van der Waals surface area contributed by atoms with Crippen LogP contribution < -0.4 is 11.6 Å². The van der Waals surface area contributed by atoms with E-state index in [4.69, 9.17) is 21.2 Å². The van der Waals surface area contributed by atoms with Crippen molar-refractivity contribution in [3.05, 3.63) is 24.8 Å². The Labute approximate surface area is 158 Å². The maximum absolute atomic E-state index is 10.5. The van der Waals surface area contributed by atoms with Gasteiger partial charge in [-0.05, 0) is 17.0 Å². The molecule has 1 aliphatic heterocycles. The standard InChI is InChI=1S/C16H23N6O4S/c1-27(9-3-2-8(4-9)26-18)5-10-12(23)13(24)16(25-10)22-7-21-11-14(17)19-6-20-15(11)22/h2-3,6-10,12-13,16,23-24H,4-5,18H2,1H3,(H2,17,19,20)/q+1/t8?,9?,10-,12-,13-,16-,27?/m1/s1. The summed E-state index contributed by atoms with van der Waals surface area (Å²) in [4.78, 5) is 17.2. The molecule has 0 aromatic carbocycles. The van der Waals surface area contributed by atoms with Gasteiger partial charge < -0.3 is 20.7 Å². The first-order valence-corrected chi connectivity index (χ1v) is 10.5. The van der Waals surface area contributed by atoms with E-state index in [0.29, 0.717) is 22.2 Å². The third-order valence-electron chi connectivity index (χ3n) is 5.12. The van der Waals surface area contributed by atoms with Crippen molar-refractivity contribution < 1.29 is 19.8 Å². The highest BCUT2D eigenvalue weighted by atomic mass is 32.2. The van der Waals surface area contributed by atoms with Crippen molar-refractivity contribution in [2.24, 2.45) is 5.90 Å². The molecule has 1 fully saturated rings. The summed E-state index contributed by atoms with van der Waals surface area (Å²) < 4.78 is 7.60. The third-order valence-corrected chi connectivity index (χ3v) is 7.36. The van der Waals surface area contributed by atoms with Gasteiger partial charge in [0.2, 0.25) is 0 Å². The molecule has 3 heterocycles. The number of hydrogen-bond acceptors (Lipinski definition) is 9. The summed E-state index contributed by atoms with van der Waals surface area (Å²) in [5.74, 6) is 6.12. The van der Waals surface area contributed by atoms with Crippen LogP contribution in [-0.2, 0) is 20.5 Å². The molecule has 6 N–H and O–H groups in total. The Morgan fingerprint density at radius 3 is 2.85 bits per heavy atom. The number of aromatic nitrogens is 4. The fourth-order valence-electron chi connectivity index (χ4n) is 3.57. The summed E-state index contributed by atoms with van der Waals surface area (Å²) in [6.07, 6.45) is 6.34. The molecular weight excluding hydrogens is 372 g/mol. The summed E-state index contributed by atoms with van der Waals surface area (Å²) in [6.45, 7) is 0. The number of nitrogens with zero attached hydrogens (tertiary/aromatic N) is 4. The molecule has 0 radical (unpaired) electrons. The van der Waals surface area contributed by atoms with Crippen LogP contribution in [0.5, 0.6) is 0 Å². The lowest BCUT2D eigenvalue weighted by atomic mass is 10.1. The Morgan fingerprint density at radius 2 is 2.11 bits per heavy atom. The van der Waals surface area contributed by atoms with E-state index in [1.807, 2.05) is 6.08 Å². The smallest absolute Gasteiger partial charge is 0.167 e. The lowest BCUT2D eigenvalue weighted by Crippen LogP contribution is -2.37. The summed E-state index contributed by atoms with van der Waals surface area (Å²) in [5.41, 5.74) is 6.70. The number of ether oxygens (including phenoxy) is 1. The molecule has 11 heteroatoms. The molecular formula is C16H23N6O4S+. The van der Waals surface area contributed by atoms with Crippen molar-refractivity contribution in [1.82, 2.24) is 19.5 Å². The summed E-state index contributed by atoms with van der Waals surface area (Å²) >= 11 is 0. The topological polar surface area (TPSA) is 155 Å². The molecule has 2 aromatic heterocycles. The van der Waals surface area contributed by atoms with Gasteiger partial charge in [-0.3, -0.25) is 9.40 Å². The molecule has 0 saturated carbocycles. The average molecular weight is 395 g/mol. The van der Waals surface area contributed by atoms with Gasteiger partial charge in [0.15, 0.2) is 17.7 Å². The van der Waals surface area contributed by atoms with Gasteiger partial charge in [0.05, 0.1) is 12.6 Å². The van der Waals surface area contributed by atoms with Gasteiger partial charge in [-0.2, -0.15) is 0 Å². The molecule has 7 atom stereocenters. The van der Waals surface area contributed by atoms with Crippen molar-refractivity contribution in [3.8, 4) is 0 Å². The van der Waals surface area contributed by atoms with Crippen LogP contribution in [0.25, 0.3) is 11.2 Å². The van der Waals surface area contributed by atoms with Crippen molar-refractivity contribution in [3.63, 3.8) is 0 Å². The van der Waals surface area contributed by atoms with Crippen LogP contribution in [0.3, 0.4) is 0 Å². The highest BCUT2D eigenvalue weighted by molar-refractivity contribution is 7.97. The molecule has 0 bridgehead atoms. The van der Waals surface area contributed by atoms with Crippen LogP contribution in [0, 0.1) is 0 Å². The molecule has 10 nitrogen and oxygen atoms in total. The van der Waals surface area contributed by atoms with Crippen LogP contribution in [0.1, 0.15) is 12.6 Å². The van der Waals surface area contributed by atoms with Gasteiger partial charge in [-0.1, -0.05) is 6.08 Å². The molecule has 1 aliphatic carbocycles. The molecule has 2 aromatic rings. The highest BCUT2D eigenvalue weighted by Crippen LogP contribution is 2.33. The number of rotatable bonds is 5. The van der Waals surface area contributed by atoms with Gasteiger partial charge in [0.1, 0.15) is 47.3 Å². The molecule has 2 aliphatic rings. The number of nitrogens with two attached hydrogens (primary N) is 2. The fraction of sp³-hybridized carbons (Fsp3) is 0.562. The van der Waals surface area contributed by atoms with Crippen LogP contribution >= 0.6 is 0 Å². The fourth-order valence-corrected chi connectivity index (χ4v) is 5.49. The van der Waals surface area contributed by atoms with Crippen LogP contribution in [-0.4, -0.2) is 71.4 Å². The highest BCUT2D eigenvalue weighted by Gasteiger charge is 2.47. The van der Waals surface area contributed by atoms with E-state index < -0.39 is 24.5 Å². The monoisotopic (exact) mass is 395 g/mol. The van der Waals surface area contributed by atoms with Gasteiger partial charge >= 0.3 is 0 Å².